The molecule has 0 radical (unpaired) electrons. The summed E-state index contributed by atoms with van der Waals surface area (Å²) < 4.78 is 0. The fourth-order valence-corrected chi connectivity index (χ4v) is 7.66. The van der Waals surface area contributed by atoms with Crippen LogP contribution in [0, 0.1) is 5.41 Å². The van der Waals surface area contributed by atoms with Crippen molar-refractivity contribution in [2.75, 3.05) is 0 Å². The molecule has 0 aliphatic rings. The predicted molar refractivity (Wildman–Crippen MR) is 208 cm³/mol. The molecule has 0 bridgehead atoms. The van der Waals surface area contributed by atoms with E-state index in [-0.39, 0.29) is 12.2 Å². The number of carboxylic acids is 1. The lowest BCUT2D eigenvalue weighted by molar-refractivity contribution is -0.143. The van der Waals surface area contributed by atoms with Gasteiger partial charge in [-0.3, -0.25) is 9.59 Å². The van der Waals surface area contributed by atoms with Gasteiger partial charge < -0.3 is 5.11 Å². The number of Topliss-reactive ketones (excluding diaryl/α,β-unsaturated/α-hetero) is 1. The zero-order chi connectivity index (χ0) is 34.5. The highest BCUT2D eigenvalue weighted by molar-refractivity contribution is 5.98. The number of aliphatic carboxylic acids is 1. The summed E-state index contributed by atoms with van der Waals surface area (Å²) in [6.45, 7) is 6.69. The number of hydrogen-bond acceptors (Lipinski definition) is 2. The second kappa shape index (κ2) is 36.4. The molecule has 0 rings (SSSR count). The highest BCUT2D eigenvalue weighted by Gasteiger charge is 2.36. The van der Waals surface area contributed by atoms with E-state index in [1.54, 1.807) is 0 Å². The molecule has 0 amide bonds. The van der Waals surface area contributed by atoms with Crippen LogP contribution in [0.4, 0.5) is 0 Å². The number of hydrogen-bond donors (Lipinski definition) is 1. The molecule has 0 heterocycles. The van der Waals surface area contributed by atoms with E-state index >= 15 is 0 Å². The van der Waals surface area contributed by atoms with E-state index in [2.05, 4.69) is 20.8 Å². The molecule has 0 saturated heterocycles. The molecule has 0 aromatic rings. The maximum absolute atomic E-state index is 13.1. The normalized spacial score (nSPS) is 12.8. The van der Waals surface area contributed by atoms with Gasteiger partial charge in [0, 0.05) is 5.41 Å². The maximum atomic E-state index is 13.1. The van der Waals surface area contributed by atoms with Crippen molar-refractivity contribution in [3.63, 3.8) is 0 Å². The van der Waals surface area contributed by atoms with Crippen molar-refractivity contribution in [1.82, 2.24) is 0 Å². The van der Waals surface area contributed by atoms with Crippen LogP contribution >= 0.6 is 0 Å². The molecule has 3 nitrogen and oxygen atoms in total. The number of unbranched alkanes of at least 4 members (excludes halogenated alkanes) is 32. The van der Waals surface area contributed by atoms with Gasteiger partial charge in [0.2, 0.25) is 0 Å². The fourth-order valence-electron chi connectivity index (χ4n) is 7.66. The first-order chi connectivity index (χ1) is 23.0. The molecule has 0 aromatic heterocycles. The Kier molecular flexibility index (Phi) is 35.8. The Hall–Kier alpha value is -0.860. The minimum absolute atomic E-state index is 0.0135. The highest BCUT2D eigenvalue weighted by atomic mass is 16.4. The summed E-state index contributed by atoms with van der Waals surface area (Å²) >= 11 is 0. The van der Waals surface area contributed by atoms with Crippen LogP contribution in [0.3, 0.4) is 0 Å². The van der Waals surface area contributed by atoms with Gasteiger partial charge in [0.05, 0.1) is 0 Å². The van der Waals surface area contributed by atoms with Crippen LogP contribution in [-0.2, 0) is 9.59 Å². The van der Waals surface area contributed by atoms with Crippen molar-refractivity contribution < 1.29 is 14.7 Å². The Labute approximate surface area is 296 Å². The standard InChI is InChI=1S/C44H86O3/c1-4-7-9-11-13-15-17-19-21-23-24-26-28-30-32-34-36-38-40-44(6-3,42(45)41-43(46)47)39-37-35-33-31-29-27-25-22-20-18-16-14-12-10-8-5-2/h4-41H2,1-3H3,(H,46,47). The molecular formula is C44H86O3. The van der Waals surface area contributed by atoms with Crippen LogP contribution in [0.1, 0.15) is 265 Å². The molecule has 280 valence electrons. The third kappa shape index (κ3) is 30.9. The van der Waals surface area contributed by atoms with Crippen LogP contribution in [0.25, 0.3) is 0 Å². The molecule has 1 atom stereocenters. The van der Waals surface area contributed by atoms with Crippen LogP contribution in [0.5, 0.6) is 0 Å². The summed E-state index contributed by atoms with van der Waals surface area (Å²) in [6.07, 6.45) is 48.4. The zero-order valence-corrected chi connectivity index (χ0v) is 32.6. The Morgan fingerprint density at radius 2 is 0.574 bits per heavy atom. The lowest BCUT2D eigenvalue weighted by atomic mass is 9.71. The SMILES string of the molecule is CCCCCCCCCCCCCCCCCCCCC(CC)(CCCCCCCCCCCCCCCCCC)C(=O)CC(=O)O. The third-order valence-electron chi connectivity index (χ3n) is 11.1. The second-order valence-electron chi connectivity index (χ2n) is 15.4. The van der Waals surface area contributed by atoms with Crippen LogP contribution < -0.4 is 0 Å². The summed E-state index contributed by atoms with van der Waals surface area (Å²) in [5, 5.41) is 9.36. The second-order valence-corrected chi connectivity index (χ2v) is 15.4. The van der Waals surface area contributed by atoms with Gasteiger partial charge in [-0.1, -0.05) is 239 Å². The van der Waals surface area contributed by atoms with E-state index in [0.717, 1.165) is 32.1 Å². The lowest BCUT2D eigenvalue weighted by Crippen LogP contribution is -2.32. The van der Waals surface area contributed by atoms with Crippen LogP contribution in [-0.4, -0.2) is 16.9 Å². The molecular weight excluding hydrogens is 576 g/mol. The number of ketones is 1. The summed E-state index contributed by atoms with van der Waals surface area (Å²) in [7, 11) is 0. The Bertz CT molecular complexity index is 659. The third-order valence-corrected chi connectivity index (χ3v) is 11.1. The average molecular weight is 663 g/mol. The predicted octanol–water partition coefficient (Wildman–Crippen LogP) is 15.5. The molecule has 0 spiro atoms. The van der Waals surface area contributed by atoms with Gasteiger partial charge in [0.25, 0.3) is 0 Å². The first-order valence-electron chi connectivity index (χ1n) is 21.8. The van der Waals surface area contributed by atoms with Gasteiger partial charge in [-0.2, -0.15) is 0 Å². The maximum Gasteiger partial charge on any atom is 0.310 e. The van der Waals surface area contributed by atoms with Gasteiger partial charge in [-0.05, 0) is 19.3 Å². The monoisotopic (exact) mass is 663 g/mol. The average Bonchev–Trinajstić information content (AvgIpc) is 3.06. The molecule has 0 aromatic carbocycles. The number of carbonyl (C=O) groups excluding carboxylic acids is 1. The van der Waals surface area contributed by atoms with E-state index in [9.17, 15) is 14.7 Å². The van der Waals surface area contributed by atoms with Gasteiger partial charge in [-0.25, -0.2) is 0 Å². The molecule has 0 fully saturated rings. The Morgan fingerprint density at radius 3 is 0.766 bits per heavy atom. The van der Waals surface area contributed by atoms with Crippen molar-refractivity contribution in [3.05, 3.63) is 0 Å². The summed E-state index contributed by atoms with van der Waals surface area (Å²) in [4.78, 5) is 24.5. The van der Waals surface area contributed by atoms with Crippen molar-refractivity contribution in [2.45, 2.75) is 265 Å². The van der Waals surface area contributed by atoms with Gasteiger partial charge in [0.15, 0.2) is 0 Å². The van der Waals surface area contributed by atoms with Gasteiger partial charge in [-0.15, -0.1) is 0 Å². The van der Waals surface area contributed by atoms with Crippen molar-refractivity contribution in [2.24, 2.45) is 5.41 Å². The molecule has 47 heavy (non-hydrogen) atoms. The number of carbonyl (C=O) groups is 2. The van der Waals surface area contributed by atoms with E-state index in [1.807, 2.05) is 0 Å². The summed E-state index contributed by atoms with van der Waals surface area (Å²) in [6, 6.07) is 0. The molecule has 1 unspecified atom stereocenters. The minimum Gasteiger partial charge on any atom is -0.481 e. The van der Waals surface area contributed by atoms with Gasteiger partial charge >= 0.3 is 5.97 Å². The molecule has 3 heteroatoms. The molecule has 0 aliphatic carbocycles. The first kappa shape index (κ1) is 46.1. The quantitative estimate of drug-likeness (QED) is 0.0525. The highest BCUT2D eigenvalue weighted by Crippen LogP contribution is 2.37. The molecule has 0 saturated carbocycles. The van der Waals surface area contributed by atoms with Crippen molar-refractivity contribution in [3.8, 4) is 0 Å². The number of rotatable bonds is 40. The topological polar surface area (TPSA) is 54.4 Å². The van der Waals surface area contributed by atoms with E-state index in [4.69, 9.17) is 0 Å². The van der Waals surface area contributed by atoms with Crippen molar-refractivity contribution >= 4 is 11.8 Å². The number of carboxylic acid groups (broad SMARTS) is 1. The van der Waals surface area contributed by atoms with E-state index in [1.165, 1.54) is 205 Å². The smallest absolute Gasteiger partial charge is 0.310 e. The first-order valence-corrected chi connectivity index (χ1v) is 21.8. The van der Waals surface area contributed by atoms with Crippen molar-refractivity contribution in [1.29, 1.82) is 0 Å². The van der Waals surface area contributed by atoms with Gasteiger partial charge in [0.1, 0.15) is 12.2 Å². The lowest BCUT2D eigenvalue weighted by Gasteiger charge is -2.31. The molecule has 1 N–H and O–H groups in total. The Morgan fingerprint density at radius 1 is 0.362 bits per heavy atom. The zero-order valence-electron chi connectivity index (χ0n) is 32.6. The van der Waals surface area contributed by atoms with Crippen LogP contribution in [0.15, 0.2) is 0 Å². The van der Waals surface area contributed by atoms with Crippen LogP contribution in [0.2, 0.25) is 0 Å². The Balaban J connectivity index is 3.92. The summed E-state index contributed by atoms with van der Waals surface area (Å²) in [5.41, 5.74) is -0.413. The minimum atomic E-state index is -0.961. The fraction of sp³-hybridized carbons (Fsp3) is 0.955. The van der Waals surface area contributed by atoms with E-state index < -0.39 is 11.4 Å². The largest absolute Gasteiger partial charge is 0.481 e. The van der Waals surface area contributed by atoms with E-state index in [0.29, 0.717) is 0 Å². The summed E-state index contributed by atoms with van der Waals surface area (Å²) in [5.74, 6) is -0.974. The molecule has 0 aliphatic heterocycles.